The molecule has 1 aromatic carbocycles. The van der Waals surface area contributed by atoms with Gasteiger partial charge < -0.3 is 39.1 Å². The normalized spacial score (nSPS) is 25.4. The molecule has 1 atom stereocenters. The number of benzene rings is 1. The van der Waals surface area contributed by atoms with E-state index in [0.29, 0.717) is 83.8 Å². The number of piperidine rings is 5. The van der Waals surface area contributed by atoms with E-state index in [9.17, 15) is 19.2 Å². The first-order valence-electron chi connectivity index (χ1n) is 28.1. The Bertz CT molecular complexity index is 2770. The number of amides is 5. The lowest BCUT2D eigenvalue weighted by Crippen LogP contribution is -2.58. The molecule has 17 heteroatoms. The molecule has 10 heterocycles. The second kappa shape index (κ2) is 20.3. The van der Waals surface area contributed by atoms with Crippen LogP contribution in [0.2, 0.25) is 0 Å². The van der Waals surface area contributed by atoms with Gasteiger partial charge >= 0.3 is 0 Å². The van der Waals surface area contributed by atoms with Crippen molar-refractivity contribution in [2.75, 3.05) is 80.7 Å². The van der Waals surface area contributed by atoms with Crippen molar-refractivity contribution >= 4 is 57.9 Å². The predicted molar refractivity (Wildman–Crippen MR) is 282 cm³/mol. The predicted octanol–water partition coefficient (Wildman–Crippen LogP) is 6.56. The molecule has 392 valence electrons. The highest BCUT2D eigenvalue weighted by Crippen LogP contribution is 2.52. The van der Waals surface area contributed by atoms with E-state index in [1.807, 2.05) is 28.3 Å². The minimum Gasteiger partial charge on any atom is -0.381 e. The molecule has 1 aliphatic carbocycles. The Kier molecular flexibility index (Phi) is 13.4. The molecular weight excluding hydrogens is 935 g/mol. The number of rotatable bonds is 10. The van der Waals surface area contributed by atoms with Crippen LogP contribution in [0.3, 0.4) is 0 Å². The Labute approximate surface area is 434 Å². The average Bonchev–Trinajstić information content (AvgIpc) is 3.96. The molecule has 12 rings (SSSR count). The van der Waals surface area contributed by atoms with Crippen LogP contribution in [-0.2, 0) is 34.1 Å². The van der Waals surface area contributed by atoms with Gasteiger partial charge in [0, 0.05) is 112 Å². The number of fused-ring (bicyclic) bond motifs is 3. The number of likely N-dealkylation sites (tertiary alicyclic amines) is 3. The molecule has 8 aliphatic rings. The van der Waals surface area contributed by atoms with Crippen molar-refractivity contribution in [3.05, 3.63) is 60.0 Å². The maximum absolute atomic E-state index is 15.3. The molecule has 1 spiro atoms. The van der Waals surface area contributed by atoms with Crippen molar-refractivity contribution in [2.24, 2.45) is 11.8 Å². The van der Waals surface area contributed by atoms with Crippen molar-refractivity contribution in [1.29, 1.82) is 0 Å². The number of carbonyl (C=O) groups is 5. The summed E-state index contributed by atoms with van der Waals surface area (Å²) in [5, 5.41) is 6.22. The van der Waals surface area contributed by atoms with Crippen LogP contribution in [0, 0.1) is 11.8 Å². The fraction of sp³-hybridized carbons (Fsp3) is 0.614. The fourth-order valence-corrected chi connectivity index (χ4v) is 13.8. The summed E-state index contributed by atoms with van der Waals surface area (Å²) >= 11 is 0. The first-order valence-corrected chi connectivity index (χ1v) is 28.1. The molecular formula is C57H73N11O6. The first-order chi connectivity index (χ1) is 36.0. The quantitative estimate of drug-likeness (QED) is 0.164. The second-order valence-corrected chi connectivity index (χ2v) is 23.0. The van der Waals surface area contributed by atoms with E-state index in [1.54, 1.807) is 6.20 Å². The molecule has 74 heavy (non-hydrogen) atoms. The van der Waals surface area contributed by atoms with E-state index in [0.717, 1.165) is 116 Å². The molecule has 1 unspecified atom stereocenters. The number of anilines is 3. The first kappa shape index (κ1) is 49.0. The zero-order valence-corrected chi connectivity index (χ0v) is 43.3. The SMILES string of the molecule is CC(C)n1cnc2cc(-c3ccc4c(c3)N(C3CC(N5CCCCC5)C3)C(=O)C43CCN(C(=O)C4CCN(C(=O)C5CCN(c6ccc(C7CCC(=O)NC7=O)cn6)CC5)CC4)CC3)nc(NC3CCOCC3)c21. The summed E-state index contributed by atoms with van der Waals surface area (Å²) in [6.07, 6.45) is 16.0. The van der Waals surface area contributed by atoms with Crippen molar-refractivity contribution in [1.82, 2.24) is 39.5 Å². The van der Waals surface area contributed by atoms with E-state index in [1.165, 1.54) is 19.3 Å². The molecule has 17 nitrogen and oxygen atoms in total. The molecule has 6 saturated heterocycles. The van der Waals surface area contributed by atoms with Gasteiger partial charge in [0.05, 0.1) is 28.9 Å². The summed E-state index contributed by atoms with van der Waals surface area (Å²) < 4.78 is 7.89. The van der Waals surface area contributed by atoms with Crippen LogP contribution in [-0.4, -0.2) is 147 Å². The minimum absolute atomic E-state index is 0.0660. The third-order valence-electron chi connectivity index (χ3n) is 18.4. The number of nitrogens with one attached hydrogen (secondary N) is 2. The lowest BCUT2D eigenvalue weighted by molar-refractivity contribution is -0.144. The maximum Gasteiger partial charge on any atom is 0.238 e. The fourth-order valence-electron chi connectivity index (χ4n) is 13.8. The van der Waals surface area contributed by atoms with Crippen molar-refractivity contribution in [3.63, 3.8) is 0 Å². The summed E-state index contributed by atoms with van der Waals surface area (Å²) in [4.78, 5) is 93.4. The van der Waals surface area contributed by atoms with Crippen LogP contribution in [0.4, 0.5) is 17.3 Å². The Balaban J connectivity index is 0.704. The lowest BCUT2D eigenvalue weighted by atomic mass is 9.73. The standard InChI is InChI=1S/C57H73N11O6/c1-36(2)67-35-59-47-33-46(61-52(51(47)67)60-41-16-28-74-29-17-41)39-6-9-45-48(30-39)68(43-31-42(32-43)63-20-4-3-5-21-63)56(73)57(45)18-26-66(27-19-57)55(72)38-14-24-65(25-15-38)54(71)37-12-22-64(23-13-37)49-10-7-40(34-58-49)44-8-11-50(69)62-53(44)70/h6-7,9-10,30,33-38,41-44H,3-5,8,11-29,31-32H2,1-2H3,(H,60,61)(H,62,69,70). The summed E-state index contributed by atoms with van der Waals surface area (Å²) in [6, 6.07) is 13.6. The number of imidazole rings is 1. The van der Waals surface area contributed by atoms with Gasteiger partial charge in [-0.25, -0.2) is 15.0 Å². The molecule has 3 aromatic heterocycles. The number of nitrogens with zero attached hydrogens (tertiary/aromatic N) is 9. The van der Waals surface area contributed by atoms with E-state index in [-0.39, 0.29) is 65.4 Å². The second-order valence-electron chi connectivity index (χ2n) is 23.0. The summed E-state index contributed by atoms with van der Waals surface area (Å²) in [5.41, 5.74) is 5.91. The monoisotopic (exact) mass is 1010 g/mol. The van der Waals surface area contributed by atoms with E-state index < -0.39 is 5.41 Å². The van der Waals surface area contributed by atoms with Gasteiger partial charge in [-0.1, -0.05) is 24.6 Å². The molecule has 5 amide bonds. The van der Waals surface area contributed by atoms with E-state index in [2.05, 4.69) is 73.0 Å². The van der Waals surface area contributed by atoms with Gasteiger partial charge in [0.25, 0.3) is 0 Å². The molecule has 1 saturated carbocycles. The summed E-state index contributed by atoms with van der Waals surface area (Å²) in [6.45, 7) is 11.7. The van der Waals surface area contributed by atoms with Gasteiger partial charge in [0.1, 0.15) is 11.3 Å². The number of hydrogen-bond acceptors (Lipinski definition) is 12. The zero-order valence-electron chi connectivity index (χ0n) is 43.3. The average molecular weight is 1010 g/mol. The van der Waals surface area contributed by atoms with Crippen LogP contribution in [0.5, 0.6) is 0 Å². The van der Waals surface area contributed by atoms with Crippen LogP contribution in [0.15, 0.2) is 48.9 Å². The van der Waals surface area contributed by atoms with E-state index in [4.69, 9.17) is 14.7 Å². The molecule has 0 bridgehead atoms. The molecule has 4 aromatic rings. The summed E-state index contributed by atoms with van der Waals surface area (Å²) in [5.74, 6) is 1.12. The smallest absolute Gasteiger partial charge is 0.238 e. The van der Waals surface area contributed by atoms with Gasteiger partial charge in [-0.3, -0.25) is 29.3 Å². The molecule has 0 radical (unpaired) electrons. The summed E-state index contributed by atoms with van der Waals surface area (Å²) in [7, 11) is 0. The number of carbonyl (C=O) groups excluding carboxylic acids is 5. The van der Waals surface area contributed by atoms with Crippen molar-refractivity contribution in [3.8, 4) is 11.3 Å². The van der Waals surface area contributed by atoms with Gasteiger partial charge in [-0.15, -0.1) is 0 Å². The highest BCUT2D eigenvalue weighted by Gasteiger charge is 2.56. The number of aromatic nitrogens is 4. The van der Waals surface area contributed by atoms with Crippen LogP contribution >= 0.6 is 0 Å². The third-order valence-corrected chi connectivity index (χ3v) is 18.4. The van der Waals surface area contributed by atoms with Gasteiger partial charge in [0.15, 0.2) is 5.82 Å². The van der Waals surface area contributed by atoms with Crippen LogP contribution < -0.4 is 20.4 Å². The van der Waals surface area contributed by atoms with Crippen molar-refractivity contribution < 1.29 is 28.7 Å². The molecule has 2 N–H and O–H groups in total. The maximum atomic E-state index is 15.3. The highest BCUT2D eigenvalue weighted by atomic mass is 16.5. The number of ether oxygens (including phenoxy) is 1. The lowest BCUT2D eigenvalue weighted by Gasteiger charge is -2.48. The zero-order chi connectivity index (χ0) is 50.7. The Hall–Kier alpha value is -5.94. The van der Waals surface area contributed by atoms with Gasteiger partial charge in [-0.2, -0.15) is 0 Å². The van der Waals surface area contributed by atoms with Crippen LogP contribution in [0.1, 0.15) is 133 Å². The van der Waals surface area contributed by atoms with E-state index >= 15 is 4.79 Å². The van der Waals surface area contributed by atoms with Crippen molar-refractivity contribution in [2.45, 2.75) is 146 Å². The van der Waals surface area contributed by atoms with Gasteiger partial charge in [-0.05, 0) is 140 Å². The molecule has 7 fully saturated rings. The highest BCUT2D eigenvalue weighted by molar-refractivity contribution is 6.09. The molecule has 7 aliphatic heterocycles. The minimum atomic E-state index is -0.690. The Morgan fingerprint density at radius 2 is 1.47 bits per heavy atom. The Morgan fingerprint density at radius 3 is 2.15 bits per heavy atom. The Morgan fingerprint density at radius 1 is 0.770 bits per heavy atom. The number of hydrogen-bond donors (Lipinski definition) is 2. The topological polar surface area (TPSA) is 178 Å². The third kappa shape index (κ3) is 9.12. The van der Waals surface area contributed by atoms with Crippen LogP contribution in [0.25, 0.3) is 22.3 Å². The largest absolute Gasteiger partial charge is 0.381 e. The van der Waals surface area contributed by atoms with Gasteiger partial charge in [0.2, 0.25) is 29.5 Å². The number of pyridine rings is 2. The number of imide groups is 1.